The van der Waals surface area contributed by atoms with Crippen molar-refractivity contribution in [2.45, 2.75) is 0 Å². The quantitative estimate of drug-likeness (QED) is 0.636. The van der Waals surface area contributed by atoms with E-state index in [4.69, 9.17) is 9.47 Å². The zero-order chi connectivity index (χ0) is 13.8. The third-order valence-corrected chi connectivity index (χ3v) is 3.68. The highest BCUT2D eigenvalue weighted by atomic mass is 32.1. The second kappa shape index (κ2) is 5.67. The van der Waals surface area contributed by atoms with Crippen LogP contribution in [0.15, 0.2) is 30.3 Å². The number of benzene rings is 1. The van der Waals surface area contributed by atoms with Crippen molar-refractivity contribution < 1.29 is 19.1 Å². The van der Waals surface area contributed by atoms with Gasteiger partial charge in [0.15, 0.2) is 6.29 Å². The lowest BCUT2D eigenvalue weighted by Gasteiger charge is -2.08. The standard InChI is InChI=1S/C14H12O4S/c1-17-9-3-5-11(14(16)18-2)12(7-9)13-6-4-10(8-15)19-13/h3-8H,1-2H3. The Hall–Kier alpha value is -2.14. The minimum Gasteiger partial charge on any atom is -0.497 e. The fourth-order valence-corrected chi connectivity index (χ4v) is 2.56. The lowest BCUT2D eigenvalue weighted by Crippen LogP contribution is -2.03. The van der Waals surface area contributed by atoms with Gasteiger partial charge in [-0.3, -0.25) is 4.79 Å². The molecule has 0 aliphatic heterocycles. The Bertz CT molecular complexity index is 616. The molecule has 98 valence electrons. The molecule has 2 aromatic rings. The fraction of sp³-hybridized carbons (Fsp3) is 0.143. The third-order valence-electron chi connectivity index (χ3n) is 2.64. The maximum atomic E-state index is 11.8. The van der Waals surface area contributed by atoms with E-state index in [1.165, 1.54) is 18.4 Å². The van der Waals surface area contributed by atoms with Gasteiger partial charge in [-0.2, -0.15) is 0 Å². The van der Waals surface area contributed by atoms with Crippen LogP contribution in [0.25, 0.3) is 10.4 Å². The molecule has 0 saturated carbocycles. The van der Waals surface area contributed by atoms with E-state index < -0.39 is 5.97 Å². The van der Waals surface area contributed by atoms with E-state index in [9.17, 15) is 9.59 Å². The number of thiophene rings is 1. The van der Waals surface area contributed by atoms with E-state index in [-0.39, 0.29) is 0 Å². The molecule has 0 amide bonds. The minimum absolute atomic E-state index is 0.418. The van der Waals surface area contributed by atoms with Gasteiger partial charge < -0.3 is 9.47 Å². The SMILES string of the molecule is COC(=O)c1ccc(OC)cc1-c1ccc(C=O)s1. The maximum absolute atomic E-state index is 11.8. The van der Waals surface area contributed by atoms with Crippen LogP contribution in [0.3, 0.4) is 0 Å². The highest BCUT2D eigenvalue weighted by Gasteiger charge is 2.15. The Morgan fingerprint density at radius 2 is 2.00 bits per heavy atom. The Balaban J connectivity index is 2.57. The van der Waals surface area contributed by atoms with E-state index >= 15 is 0 Å². The number of esters is 1. The van der Waals surface area contributed by atoms with Gasteiger partial charge in [-0.25, -0.2) is 4.79 Å². The predicted molar refractivity (Wildman–Crippen MR) is 73.0 cm³/mol. The van der Waals surface area contributed by atoms with Crippen molar-refractivity contribution >= 4 is 23.6 Å². The van der Waals surface area contributed by atoms with Gasteiger partial charge in [0.05, 0.1) is 24.7 Å². The lowest BCUT2D eigenvalue weighted by atomic mass is 10.1. The van der Waals surface area contributed by atoms with Crippen molar-refractivity contribution in [1.82, 2.24) is 0 Å². The first-order valence-corrected chi connectivity index (χ1v) is 6.33. The second-order valence-corrected chi connectivity index (χ2v) is 4.84. The molecule has 2 rings (SSSR count). The predicted octanol–water partition coefficient (Wildman–Crippen LogP) is 3.02. The van der Waals surface area contributed by atoms with Crippen molar-refractivity contribution in [1.29, 1.82) is 0 Å². The van der Waals surface area contributed by atoms with Gasteiger partial charge in [-0.1, -0.05) is 0 Å². The zero-order valence-electron chi connectivity index (χ0n) is 10.5. The first-order chi connectivity index (χ1) is 9.19. The molecular weight excluding hydrogens is 264 g/mol. The van der Waals surface area contributed by atoms with Gasteiger partial charge in [0.2, 0.25) is 0 Å². The van der Waals surface area contributed by atoms with Gasteiger partial charge in [-0.05, 0) is 30.3 Å². The van der Waals surface area contributed by atoms with Crippen molar-refractivity contribution in [3.63, 3.8) is 0 Å². The van der Waals surface area contributed by atoms with Crippen LogP contribution in [0, 0.1) is 0 Å². The molecule has 0 aliphatic rings. The Kier molecular flexibility index (Phi) is 3.97. The van der Waals surface area contributed by atoms with Gasteiger partial charge in [0.25, 0.3) is 0 Å². The van der Waals surface area contributed by atoms with E-state index in [1.807, 2.05) is 0 Å². The molecule has 1 aromatic heterocycles. The number of carbonyl (C=O) groups excluding carboxylic acids is 2. The van der Waals surface area contributed by atoms with Crippen LogP contribution in [0.2, 0.25) is 0 Å². The molecule has 0 radical (unpaired) electrons. The lowest BCUT2D eigenvalue weighted by molar-refractivity contribution is 0.0601. The van der Waals surface area contributed by atoms with Crippen LogP contribution < -0.4 is 4.74 Å². The van der Waals surface area contributed by atoms with Crippen molar-refractivity contribution in [2.24, 2.45) is 0 Å². The summed E-state index contributed by atoms with van der Waals surface area (Å²) in [6.45, 7) is 0. The summed E-state index contributed by atoms with van der Waals surface area (Å²) in [4.78, 5) is 23.9. The van der Waals surface area contributed by atoms with Crippen molar-refractivity contribution in [3.8, 4) is 16.2 Å². The summed E-state index contributed by atoms with van der Waals surface area (Å²) >= 11 is 1.32. The number of rotatable bonds is 4. The summed E-state index contributed by atoms with van der Waals surface area (Å²) in [5.74, 6) is 0.224. The average Bonchev–Trinajstić information content (AvgIpc) is 2.94. The topological polar surface area (TPSA) is 52.6 Å². The second-order valence-electron chi connectivity index (χ2n) is 3.72. The highest BCUT2D eigenvalue weighted by molar-refractivity contribution is 7.17. The van der Waals surface area contributed by atoms with Crippen LogP contribution in [-0.2, 0) is 4.74 Å². The maximum Gasteiger partial charge on any atom is 0.338 e. The summed E-state index contributed by atoms with van der Waals surface area (Å²) in [6, 6.07) is 8.63. The fourth-order valence-electron chi connectivity index (χ4n) is 1.70. The van der Waals surface area contributed by atoms with Gasteiger partial charge >= 0.3 is 5.97 Å². The van der Waals surface area contributed by atoms with Gasteiger partial charge in [0.1, 0.15) is 5.75 Å². The summed E-state index contributed by atoms with van der Waals surface area (Å²) in [5, 5.41) is 0. The molecule has 19 heavy (non-hydrogen) atoms. The molecule has 5 heteroatoms. The summed E-state index contributed by atoms with van der Waals surface area (Å²) in [5.41, 5.74) is 1.15. The summed E-state index contributed by atoms with van der Waals surface area (Å²) < 4.78 is 9.92. The van der Waals surface area contributed by atoms with E-state index in [0.29, 0.717) is 21.8 Å². The number of ether oxygens (including phenoxy) is 2. The first kappa shape index (κ1) is 13.3. The van der Waals surface area contributed by atoms with Gasteiger partial charge in [-0.15, -0.1) is 11.3 Å². The van der Waals surface area contributed by atoms with Crippen LogP contribution in [-0.4, -0.2) is 26.5 Å². The molecule has 1 aromatic carbocycles. The van der Waals surface area contributed by atoms with E-state index in [0.717, 1.165) is 11.2 Å². The number of hydrogen-bond donors (Lipinski definition) is 0. The normalized spacial score (nSPS) is 10.0. The molecule has 1 heterocycles. The Labute approximate surface area is 114 Å². The molecule has 4 nitrogen and oxygen atoms in total. The van der Waals surface area contributed by atoms with E-state index in [2.05, 4.69) is 0 Å². The molecular formula is C14H12O4S. The third kappa shape index (κ3) is 2.66. The zero-order valence-corrected chi connectivity index (χ0v) is 11.3. The number of hydrogen-bond acceptors (Lipinski definition) is 5. The van der Waals surface area contributed by atoms with Crippen LogP contribution in [0.4, 0.5) is 0 Å². The molecule has 0 spiro atoms. The monoisotopic (exact) mass is 276 g/mol. The molecule has 0 fully saturated rings. The van der Waals surface area contributed by atoms with Crippen molar-refractivity contribution in [2.75, 3.05) is 14.2 Å². The summed E-state index contributed by atoms with van der Waals surface area (Å²) in [6.07, 6.45) is 0.784. The number of methoxy groups -OCH3 is 2. The summed E-state index contributed by atoms with van der Waals surface area (Å²) in [7, 11) is 2.89. The van der Waals surface area contributed by atoms with Crippen LogP contribution >= 0.6 is 11.3 Å². The van der Waals surface area contributed by atoms with Crippen molar-refractivity contribution in [3.05, 3.63) is 40.8 Å². The molecule has 0 bridgehead atoms. The smallest absolute Gasteiger partial charge is 0.338 e. The average molecular weight is 276 g/mol. The number of aldehydes is 1. The number of carbonyl (C=O) groups is 2. The minimum atomic E-state index is -0.418. The molecule has 0 N–H and O–H groups in total. The van der Waals surface area contributed by atoms with Crippen LogP contribution in [0.1, 0.15) is 20.0 Å². The largest absolute Gasteiger partial charge is 0.497 e. The molecule has 0 aliphatic carbocycles. The van der Waals surface area contributed by atoms with Crippen LogP contribution in [0.5, 0.6) is 5.75 Å². The highest BCUT2D eigenvalue weighted by Crippen LogP contribution is 2.33. The Morgan fingerprint density at radius 3 is 2.58 bits per heavy atom. The van der Waals surface area contributed by atoms with E-state index in [1.54, 1.807) is 37.4 Å². The van der Waals surface area contributed by atoms with Gasteiger partial charge in [0, 0.05) is 10.4 Å². The molecule has 0 saturated heterocycles. The Morgan fingerprint density at radius 1 is 1.21 bits per heavy atom. The molecule has 0 atom stereocenters. The first-order valence-electron chi connectivity index (χ1n) is 5.51. The molecule has 0 unspecified atom stereocenters.